The Morgan fingerprint density at radius 1 is 0.905 bits per heavy atom. The van der Waals surface area contributed by atoms with Crippen LogP contribution in [0.4, 0.5) is 0 Å². The van der Waals surface area contributed by atoms with E-state index in [1.54, 1.807) is 0 Å². The summed E-state index contributed by atoms with van der Waals surface area (Å²) < 4.78 is 0. The molecule has 0 saturated carbocycles. The van der Waals surface area contributed by atoms with E-state index in [4.69, 9.17) is 0 Å². The maximum absolute atomic E-state index is 2.83. The highest BCUT2D eigenvalue weighted by Gasteiger charge is 2.37. The Bertz CT molecular complexity index is 314. The van der Waals surface area contributed by atoms with Crippen LogP contribution in [0.2, 0.25) is 0 Å². The van der Waals surface area contributed by atoms with Gasteiger partial charge in [0.2, 0.25) is 0 Å². The Morgan fingerprint density at radius 3 is 1.76 bits per heavy atom. The van der Waals surface area contributed by atoms with Crippen LogP contribution in [0.5, 0.6) is 0 Å². The minimum absolute atomic E-state index is 0.332. The van der Waals surface area contributed by atoms with Crippen LogP contribution in [-0.2, 0) is 0 Å². The van der Waals surface area contributed by atoms with Crippen molar-refractivity contribution in [1.82, 2.24) is 14.7 Å². The lowest BCUT2D eigenvalue weighted by molar-refractivity contribution is -0.0321. The Morgan fingerprint density at radius 2 is 1.38 bits per heavy atom. The monoisotopic (exact) mass is 295 g/mol. The second-order valence-corrected chi connectivity index (χ2v) is 8.58. The number of nitrogens with zero attached hydrogens (tertiary/aromatic N) is 3. The van der Waals surface area contributed by atoms with Crippen LogP contribution < -0.4 is 0 Å². The van der Waals surface area contributed by atoms with Gasteiger partial charge in [-0.2, -0.15) is 0 Å². The number of piperidine rings is 1. The van der Waals surface area contributed by atoms with E-state index in [1.807, 2.05) is 0 Å². The highest BCUT2D eigenvalue weighted by molar-refractivity contribution is 4.93. The van der Waals surface area contributed by atoms with Gasteiger partial charge in [-0.1, -0.05) is 0 Å². The Balaban J connectivity index is 1.94. The zero-order valence-corrected chi connectivity index (χ0v) is 15.4. The zero-order valence-electron chi connectivity index (χ0n) is 15.4. The molecule has 2 saturated heterocycles. The quantitative estimate of drug-likeness (QED) is 0.775. The lowest BCUT2D eigenvalue weighted by Gasteiger charge is -2.52. The summed E-state index contributed by atoms with van der Waals surface area (Å²) in [6, 6.07) is 2.87. The summed E-state index contributed by atoms with van der Waals surface area (Å²) in [6.45, 7) is 21.6. The molecule has 0 aromatic heterocycles. The molecule has 124 valence electrons. The second kappa shape index (κ2) is 6.55. The molecule has 0 radical (unpaired) electrons. The van der Waals surface area contributed by atoms with E-state index in [-0.39, 0.29) is 0 Å². The van der Waals surface area contributed by atoms with E-state index in [9.17, 15) is 0 Å². The van der Waals surface area contributed by atoms with Gasteiger partial charge in [0.05, 0.1) is 0 Å². The molecule has 3 nitrogen and oxygen atoms in total. The van der Waals surface area contributed by atoms with E-state index in [1.165, 1.54) is 39.0 Å². The van der Waals surface area contributed by atoms with Crippen LogP contribution in [0.1, 0.15) is 61.3 Å². The molecule has 0 aromatic carbocycles. The minimum atomic E-state index is 0.332. The van der Waals surface area contributed by atoms with Crippen LogP contribution in [0.15, 0.2) is 0 Å². The van der Waals surface area contributed by atoms with Gasteiger partial charge in [-0.3, -0.25) is 14.7 Å². The first-order valence-corrected chi connectivity index (χ1v) is 8.96. The average molecular weight is 296 g/mol. The molecule has 0 spiro atoms. The molecule has 0 bridgehead atoms. The number of piperazine rings is 1. The Hall–Kier alpha value is -0.120. The molecule has 0 aliphatic carbocycles. The van der Waals surface area contributed by atoms with Gasteiger partial charge in [-0.05, 0) is 61.3 Å². The maximum Gasteiger partial charge on any atom is 0.0201 e. The molecule has 0 amide bonds. The van der Waals surface area contributed by atoms with Crippen molar-refractivity contribution in [2.24, 2.45) is 0 Å². The molecule has 2 heterocycles. The second-order valence-electron chi connectivity index (χ2n) is 8.58. The molecule has 2 fully saturated rings. The lowest BCUT2D eigenvalue weighted by atomic mass is 9.93. The molecule has 2 rings (SSSR count). The maximum atomic E-state index is 2.83. The molecule has 2 atom stereocenters. The predicted molar refractivity (Wildman–Crippen MR) is 91.8 cm³/mol. The summed E-state index contributed by atoms with van der Waals surface area (Å²) in [5.74, 6) is 0. The van der Waals surface area contributed by atoms with E-state index >= 15 is 0 Å². The number of likely N-dealkylation sites (tertiary alicyclic amines) is 1. The van der Waals surface area contributed by atoms with Crippen LogP contribution in [0, 0.1) is 0 Å². The summed E-state index contributed by atoms with van der Waals surface area (Å²) in [4.78, 5) is 8.14. The van der Waals surface area contributed by atoms with Gasteiger partial charge < -0.3 is 0 Å². The van der Waals surface area contributed by atoms with Crippen molar-refractivity contribution < 1.29 is 0 Å². The zero-order chi connectivity index (χ0) is 15.8. The topological polar surface area (TPSA) is 9.72 Å². The van der Waals surface area contributed by atoms with Crippen LogP contribution >= 0.6 is 0 Å². The van der Waals surface area contributed by atoms with Crippen LogP contribution in [0.25, 0.3) is 0 Å². The molecule has 2 aliphatic heterocycles. The van der Waals surface area contributed by atoms with Gasteiger partial charge in [-0.15, -0.1) is 0 Å². The van der Waals surface area contributed by atoms with Gasteiger partial charge in [-0.25, -0.2) is 0 Å². The number of hydrogen-bond acceptors (Lipinski definition) is 3. The molecule has 2 aliphatic rings. The summed E-state index contributed by atoms with van der Waals surface area (Å²) in [7, 11) is 0. The largest absolute Gasteiger partial charge is 0.298 e. The van der Waals surface area contributed by atoms with Crippen molar-refractivity contribution >= 4 is 0 Å². The molecular weight excluding hydrogens is 258 g/mol. The molecule has 0 unspecified atom stereocenters. The van der Waals surface area contributed by atoms with Gasteiger partial charge in [0.1, 0.15) is 0 Å². The lowest BCUT2D eigenvalue weighted by Crippen LogP contribution is -2.63. The Labute approximate surface area is 132 Å². The van der Waals surface area contributed by atoms with Crippen LogP contribution in [-0.4, -0.2) is 70.6 Å². The first-order chi connectivity index (χ1) is 9.70. The summed E-state index contributed by atoms with van der Waals surface area (Å²) in [6.07, 6.45) is 2.68. The fourth-order valence-corrected chi connectivity index (χ4v) is 4.35. The van der Waals surface area contributed by atoms with E-state index in [0.717, 1.165) is 6.04 Å². The van der Waals surface area contributed by atoms with Crippen molar-refractivity contribution in [1.29, 1.82) is 0 Å². The van der Waals surface area contributed by atoms with Crippen molar-refractivity contribution in [2.75, 3.05) is 26.2 Å². The third kappa shape index (κ3) is 4.00. The number of rotatable bonds is 2. The minimum Gasteiger partial charge on any atom is -0.298 e. The smallest absolute Gasteiger partial charge is 0.0201 e. The molecule has 21 heavy (non-hydrogen) atoms. The van der Waals surface area contributed by atoms with Gasteiger partial charge in [0.15, 0.2) is 0 Å². The van der Waals surface area contributed by atoms with Gasteiger partial charge in [0.25, 0.3) is 0 Å². The fraction of sp³-hybridized carbons (Fsp3) is 1.00. The standard InChI is InChI=1S/C18H37N3/c1-14(2)19-12-15(3)21(16(4)13-19)17-8-10-20(11-9-17)18(5,6)7/h14-17H,8-13H2,1-7H3/t15-,16+. The Kier molecular flexibility index (Phi) is 5.38. The third-order valence-corrected chi connectivity index (χ3v) is 5.58. The highest BCUT2D eigenvalue weighted by Crippen LogP contribution is 2.28. The first kappa shape index (κ1) is 17.2. The molecule has 3 heteroatoms. The summed E-state index contributed by atoms with van der Waals surface area (Å²) in [5, 5.41) is 0. The van der Waals surface area contributed by atoms with Gasteiger partial charge >= 0.3 is 0 Å². The highest BCUT2D eigenvalue weighted by atomic mass is 15.3. The average Bonchev–Trinajstić information content (AvgIpc) is 2.37. The van der Waals surface area contributed by atoms with Crippen molar-refractivity contribution in [2.45, 2.75) is 91.0 Å². The SMILES string of the molecule is CC(C)N1C[C@@H](C)N(C2CCN(C(C)(C)C)CC2)[C@@H](C)C1. The summed E-state index contributed by atoms with van der Waals surface area (Å²) >= 11 is 0. The summed E-state index contributed by atoms with van der Waals surface area (Å²) in [5.41, 5.74) is 0.332. The molecular formula is C18H37N3. The van der Waals surface area contributed by atoms with Crippen molar-refractivity contribution in [3.05, 3.63) is 0 Å². The molecule has 0 aromatic rings. The van der Waals surface area contributed by atoms with Crippen molar-refractivity contribution in [3.63, 3.8) is 0 Å². The third-order valence-electron chi connectivity index (χ3n) is 5.58. The van der Waals surface area contributed by atoms with E-state index < -0.39 is 0 Å². The number of hydrogen-bond donors (Lipinski definition) is 0. The van der Waals surface area contributed by atoms with E-state index in [0.29, 0.717) is 23.7 Å². The molecule has 0 N–H and O–H groups in total. The normalized spacial score (nSPS) is 32.0. The fourth-order valence-electron chi connectivity index (χ4n) is 4.35. The van der Waals surface area contributed by atoms with Crippen LogP contribution in [0.3, 0.4) is 0 Å². The van der Waals surface area contributed by atoms with Crippen molar-refractivity contribution in [3.8, 4) is 0 Å². The van der Waals surface area contributed by atoms with Gasteiger partial charge in [0, 0.05) is 55.9 Å². The predicted octanol–water partition coefficient (Wildman–Crippen LogP) is 3.05. The first-order valence-electron chi connectivity index (χ1n) is 8.96. The van der Waals surface area contributed by atoms with E-state index in [2.05, 4.69) is 63.2 Å².